The van der Waals surface area contributed by atoms with Crippen LogP contribution in [0.2, 0.25) is 0 Å². The molecule has 0 fully saturated rings. The maximum atomic E-state index is 12.7. The van der Waals surface area contributed by atoms with Crippen LogP contribution < -0.4 is 9.46 Å². The minimum Gasteiger partial charge on any atom is -0.465 e. The first kappa shape index (κ1) is 25.4. The number of aryl methyl sites for hydroxylation is 1. The number of sulfonamides is 1. The Bertz CT molecular complexity index is 1280. The first-order valence-corrected chi connectivity index (χ1v) is 12.2. The Morgan fingerprint density at radius 1 is 1.03 bits per heavy atom. The van der Waals surface area contributed by atoms with Crippen molar-refractivity contribution in [2.45, 2.75) is 28.8 Å². The van der Waals surface area contributed by atoms with E-state index >= 15 is 0 Å². The number of alkyl halides is 3. The predicted molar refractivity (Wildman–Crippen MR) is 122 cm³/mol. The molecule has 0 atom stereocenters. The van der Waals surface area contributed by atoms with Crippen molar-refractivity contribution in [3.8, 4) is 5.75 Å². The summed E-state index contributed by atoms with van der Waals surface area (Å²) in [7, 11) is -2.74. The number of carbonyl (C=O) groups is 1. The zero-order valence-electron chi connectivity index (χ0n) is 18.0. The van der Waals surface area contributed by atoms with E-state index in [1.807, 2.05) is 0 Å². The molecule has 3 aromatic carbocycles. The van der Waals surface area contributed by atoms with Crippen LogP contribution in [0, 0.1) is 6.92 Å². The fourth-order valence-corrected chi connectivity index (χ4v) is 4.86. The van der Waals surface area contributed by atoms with Gasteiger partial charge in [-0.25, -0.2) is 13.2 Å². The number of rotatable bonds is 8. The number of anilines is 1. The molecule has 0 radical (unpaired) electrons. The van der Waals surface area contributed by atoms with Gasteiger partial charge >= 0.3 is 12.3 Å². The first-order chi connectivity index (χ1) is 16.0. The average Bonchev–Trinajstić information content (AvgIpc) is 2.77. The maximum absolute atomic E-state index is 12.7. The molecule has 180 valence electrons. The Hall–Kier alpha value is -3.18. The monoisotopic (exact) mass is 511 g/mol. The number of carbonyl (C=O) groups excluding carboxylic acids is 1. The number of benzene rings is 3. The lowest BCUT2D eigenvalue weighted by Gasteiger charge is -2.11. The molecule has 11 heteroatoms. The van der Waals surface area contributed by atoms with Crippen LogP contribution in [-0.2, 0) is 20.5 Å². The molecule has 3 rings (SSSR count). The van der Waals surface area contributed by atoms with E-state index in [-0.39, 0.29) is 16.2 Å². The Balaban J connectivity index is 1.66. The molecule has 0 heterocycles. The molecule has 6 nitrogen and oxygen atoms in total. The van der Waals surface area contributed by atoms with Gasteiger partial charge in [-0.05, 0) is 66.6 Å². The number of ether oxygens (including phenoxy) is 2. The second kappa shape index (κ2) is 10.4. The second-order valence-electron chi connectivity index (χ2n) is 7.08. The molecule has 0 amide bonds. The van der Waals surface area contributed by atoms with E-state index in [1.165, 1.54) is 55.3 Å². The van der Waals surface area contributed by atoms with Gasteiger partial charge in [-0.1, -0.05) is 18.2 Å². The van der Waals surface area contributed by atoms with Gasteiger partial charge in [0.15, 0.2) is 0 Å². The van der Waals surface area contributed by atoms with Gasteiger partial charge in [0, 0.05) is 16.3 Å². The van der Waals surface area contributed by atoms with Crippen LogP contribution in [0.25, 0.3) is 0 Å². The fourth-order valence-electron chi connectivity index (χ4n) is 2.93. The van der Waals surface area contributed by atoms with Crippen molar-refractivity contribution in [3.05, 3.63) is 83.4 Å². The summed E-state index contributed by atoms with van der Waals surface area (Å²) in [6.07, 6.45) is -4.76. The van der Waals surface area contributed by atoms with Crippen LogP contribution in [0.3, 0.4) is 0 Å². The summed E-state index contributed by atoms with van der Waals surface area (Å²) in [6, 6.07) is 16.4. The Labute approximate surface area is 199 Å². The molecule has 0 bridgehead atoms. The fraction of sp³-hybridized carbons (Fsp3) is 0.174. The molecule has 0 saturated carbocycles. The lowest BCUT2D eigenvalue weighted by Crippen LogP contribution is -2.17. The van der Waals surface area contributed by atoms with Crippen LogP contribution in [0.4, 0.5) is 18.9 Å². The summed E-state index contributed by atoms with van der Waals surface area (Å²) in [5.74, 6) is -0.534. The van der Waals surface area contributed by atoms with Crippen LogP contribution in [0.15, 0.2) is 76.5 Å². The van der Waals surface area contributed by atoms with E-state index in [2.05, 4.69) is 14.2 Å². The Morgan fingerprint density at radius 2 is 1.74 bits per heavy atom. The van der Waals surface area contributed by atoms with E-state index < -0.39 is 22.4 Å². The number of hydrogen-bond donors (Lipinski definition) is 1. The normalized spacial score (nSPS) is 11.7. The third kappa shape index (κ3) is 6.91. The zero-order valence-corrected chi connectivity index (χ0v) is 19.7. The Morgan fingerprint density at radius 3 is 2.38 bits per heavy atom. The van der Waals surface area contributed by atoms with Crippen molar-refractivity contribution in [1.29, 1.82) is 0 Å². The standard InChI is InChI=1S/C23H20F3NO5S2/c1-15-6-11-20(13-21(15)22(28)31-2)34(29,30)27-17-7-9-19(10-8-17)33-14-16-4-3-5-18(12-16)32-23(24,25)26/h3-13,27H,14H2,1-2H3. The van der Waals surface area contributed by atoms with Crippen molar-refractivity contribution in [2.75, 3.05) is 11.8 Å². The molecule has 0 saturated heterocycles. The Kier molecular flexibility index (Phi) is 7.78. The van der Waals surface area contributed by atoms with Crippen molar-refractivity contribution in [3.63, 3.8) is 0 Å². The molecule has 0 spiro atoms. The van der Waals surface area contributed by atoms with E-state index in [9.17, 15) is 26.4 Å². The predicted octanol–water partition coefficient (Wildman–Crippen LogP) is 5.77. The van der Waals surface area contributed by atoms with Crippen LogP contribution in [0.1, 0.15) is 21.5 Å². The minimum absolute atomic E-state index is 0.0853. The number of methoxy groups -OCH3 is 1. The van der Waals surface area contributed by atoms with Gasteiger partial charge in [0.25, 0.3) is 10.0 Å². The molecule has 0 aromatic heterocycles. The molecule has 0 unspecified atom stereocenters. The number of hydrogen-bond acceptors (Lipinski definition) is 6. The number of thioether (sulfide) groups is 1. The average molecular weight is 512 g/mol. The van der Waals surface area contributed by atoms with Gasteiger partial charge in [0.2, 0.25) is 0 Å². The maximum Gasteiger partial charge on any atom is 0.573 e. The second-order valence-corrected chi connectivity index (χ2v) is 9.81. The highest BCUT2D eigenvalue weighted by molar-refractivity contribution is 7.98. The third-order valence-corrected chi connectivity index (χ3v) is 7.03. The number of halogens is 3. The van der Waals surface area contributed by atoms with Gasteiger partial charge in [0.05, 0.1) is 17.6 Å². The molecule has 0 aliphatic heterocycles. The van der Waals surface area contributed by atoms with Crippen LogP contribution in [0.5, 0.6) is 5.75 Å². The highest BCUT2D eigenvalue weighted by Gasteiger charge is 2.31. The van der Waals surface area contributed by atoms with Crippen molar-refractivity contribution < 1.29 is 35.9 Å². The molecule has 0 aliphatic rings. The highest BCUT2D eigenvalue weighted by atomic mass is 32.2. The molecular weight excluding hydrogens is 491 g/mol. The number of esters is 1. The molecule has 1 N–H and O–H groups in total. The smallest absolute Gasteiger partial charge is 0.465 e. The topological polar surface area (TPSA) is 81.7 Å². The summed E-state index contributed by atoms with van der Waals surface area (Å²) >= 11 is 1.37. The van der Waals surface area contributed by atoms with Gasteiger partial charge in [-0.2, -0.15) is 0 Å². The van der Waals surface area contributed by atoms with Crippen molar-refractivity contribution in [1.82, 2.24) is 0 Å². The number of nitrogens with one attached hydrogen (secondary N) is 1. The highest BCUT2D eigenvalue weighted by Crippen LogP contribution is 2.28. The molecule has 0 aliphatic carbocycles. The first-order valence-electron chi connectivity index (χ1n) is 9.76. The summed E-state index contributed by atoms with van der Waals surface area (Å²) in [5.41, 5.74) is 1.69. The largest absolute Gasteiger partial charge is 0.573 e. The van der Waals surface area contributed by atoms with E-state index in [4.69, 9.17) is 0 Å². The van der Waals surface area contributed by atoms with Gasteiger partial charge in [-0.15, -0.1) is 24.9 Å². The van der Waals surface area contributed by atoms with Crippen LogP contribution >= 0.6 is 11.8 Å². The van der Waals surface area contributed by atoms with Gasteiger partial charge < -0.3 is 9.47 Å². The summed E-state index contributed by atoms with van der Waals surface area (Å²) < 4.78 is 73.7. The summed E-state index contributed by atoms with van der Waals surface area (Å²) in [4.78, 5) is 12.6. The zero-order chi connectivity index (χ0) is 24.9. The quantitative estimate of drug-likeness (QED) is 0.305. The van der Waals surface area contributed by atoms with Crippen LogP contribution in [-0.4, -0.2) is 27.9 Å². The minimum atomic E-state index is -4.76. The van der Waals surface area contributed by atoms with Crippen molar-refractivity contribution >= 4 is 33.4 Å². The summed E-state index contributed by atoms with van der Waals surface area (Å²) in [6.45, 7) is 1.67. The lowest BCUT2D eigenvalue weighted by atomic mass is 10.1. The molecule has 34 heavy (non-hydrogen) atoms. The van der Waals surface area contributed by atoms with E-state index in [1.54, 1.807) is 37.3 Å². The van der Waals surface area contributed by atoms with Gasteiger partial charge in [-0.3, -0.25) is 4.72 Å². The third-order valence-electron chi connectivity index (χ3n) is 4.57. The lowest BCUT2D eigenvalue weighted by molar-refractivity contribution is -0.274. The van der Waals surface area contributed by atoms with E-state index in [0.29, 0.717) is 22.6 Å². The molecule has 3 aromatic rings. The van der Waals surface area contributed by atoms with E-state index in [0.717, 1.165) is 4.90 Å². The SMILES string of the molecule is COC(=O)c1cc(S(=O)(=O)Nc2ccc(SCc3cccc(OC(F)(F)F)c3)cc2)ccc1C. The van der Waals surface area contributed by atoms with Crippen molar-refractivity contribution in [2.24, 2.45) is 0 Å². The summed E-state index contributed by atoms with van der Waals surface area (Å²) in [5, 5.41) is 0. The van der Waals surface area contributed by atoms with Gasteiger partial charge in [0.1, 0.15) is 5.75 Å². The molecular formula is C23H20F3NO5S2.